The Hall–Kier alpha value is -2.46. The molecule has 0 aromatic heterocycles. The number of hydrogen-bond acceptors (Lipinski definition) is 5. The predicted molar refractivity (Wildman–Crippen MR) is 107 cm³/mol. The highest BCUT2D eigenvalue weighted by atomic mass is 35.5. The van der Waals surface area contributed by atoms with Crippen LogP contribution in [0, 0.1) is 0 Å². The van der Waals surface area contributed by atoms with E-state index in [0.29, 0.717) is 23.0 Å². The smallest absolute Gasteiger partial charge is 0.414 e. The molecule has 29 heavy (non-hydrogen) atoms. The van der Waals surface area contributed by atoms with Gasteiger partial charge in [0.1, 0.15) is 0 Å². The molecule has 0 radical (unpaired) electrons. The molecule has 10 heteroatoms. The van der Waals surface area contributed by atoms with Gasteiger partial charge < -0.3 is 10.2 Å². The number of carboxylic acids is 2. The summed E-state index contributed by atoms with van der Waals surface area (Å²) >= 11 is 5.83. The maximum absolute atomic E-state index is 12.6. The van der Waals surface area contributed by atoms with Gasteiger partial charge in [-0.2, -0.15) is 4.31 Å². The van der Waals surface area contributed by atoms with Crippen molar-refractivity contribution in [3.05, 3.63) is 65.2 Å². The molecule has 0 unspecified atom stereocenters. The third-order valence-electron chi connectivity index (χ3n) is 4.21. The molecular formula is C19H21ClN2O6S. The van der Waals surface area contributed by atoms with Gasteiger partial charge in [-0.05, 0) is 29.8 Å². The number of rotatable bonds is 4. The average Bonchev–Trinajstić information content (AvgIpc) is 2.70. The molecule has 3 rings (SSSR count). The highest BCUT2D eigenvalue weighted by Crippen LogP contribution is 2.20. The minimum Gasteiger partial charge on any atom is -0.473 e. The standard InChI is InChI=1S/C17H19ClN2O2S.C2H2O4/c18-16-6-8-17(9-7-16)23(21,22)20-12-10-19(11-13-20)14-15-4-2-1-3-5-15;3-1(4)2(5)6/h1-9H,10-14H2;(H,3,4)(H,5,6). The molecule has 2 N–H and O–H groups in total. The monoisotopic (exact) mass is 440 g/mol. The van der Waals surface area contributed by atoms with Crippen LogP contribution < -0.4 is 0 Å². The molecule has 0 spiro atoms. The number of aliphatic carboxylic acids is 2. The van der Waals surface area contributed by atoms with Crippen LogP contribution in [0.2, 0.25) is 5.02 Å². The molecule has 1 aliphatic rings. The van der Waals surface area contributed by atoms with Crippen molar-refractivity contribution in [3.8, 4) is 0 Å². The second-order valence-electron chi connectivity index (χ2n) is 6.23. The average molecular weight is 441 g/mol. The van der Waals surface area contributed by atoms with E-state index in [4.69, 9.17) is 31.4 Å². The summed E-state index contributed by atoms with van der Waals surface area (Å²) in [4.78, 5) is 20.8. The minimum atomic E-state index is -3.43. The molecule has 8 nitrogen and oxygen atoms in total. The van der Waals surface area contributed by atoms with Crippen molar-refractivity contribution in [3.63, 3.8) is 0 Å². The summed E-state index contributed by atoms with van der Waals surface area (Å²) in [5.74, 6) is -3.65. The van der Waals surface area contributed by atoms with E-state index >= 15 is 0 Å². The number of piperazine rings is 1. The number of sulfonamides is 1. The Balaban J connectivity index is 0.000000438. The first-order valence-corrected chi connectivity index (χ1v) is 10.5. The Kier molecular flexibility index (Phi) is 8.15. The van der Waals surface area contributed by atoms with Crippen molar-refractivity contribution in [1.29, 1.82) is 0 Å². The first-order chi connectivity index (χ1) is 13.7. The molecule has 0 atom stereocenters. The zero-order valence-electron chi connectivity index (χ0n) is 15.4. The van der Waals surface area contributed by atoms with E-state index in [1.165, 1.54) is 5.56 Å². The fraction of sp³-hybridized carbons (Fsp3) is 0.263. The Morgan fingerprint density at radius 2 is 1.38 bits per heavy atom. The van der Waals surface area contributed by atoms with E-state index in [-0.39, 0.29) is 0 Å². The van der Waals surface area contributed by atoms with Gasteiger partial charge in [-0.3, -0.25) is 4.90 Å². The van der Waals surface area contributed by atoms with Crippen molar-refractivity contribution < 1.29 is 28.2 Å². The number of halogens is 1. The highest BCUT2D eigenvalue weighted by Gasteiger charge is 2.28. The van der Waals surface area contributed by atoms with Gasteiger partial charge in [0, 0.05) is 37.7 Å². The lowest BCUT2D eigenvalue weighted by Crippen LogP contribution is -2.48. The van der Waals surface area contributed by atoms with Gasteiger partial charge in [0.25, 0.3) is 0 Å². The van der Waals surface area contributed by atoms with Crippen molar-refractivity contribution in [2.75, 3.05) is 26.2 Å². The van der Waals surface area contributed by atoms with Crippen LogP contribution in [0.5, 0.6) is 0 Å². The first kappa shape index (κ1) is 22.8. The Morgan fingerprint density at radius 3 is 1.86 bits per heavy atom. The van der Waals surface area contributed by atoms with Gasteiger partial charge in [-0.15, -0.1) is 0 Å². The number of benzene rings is 2. The fourth-order valence-corrected chi connectivity index (χ4v) is 4.27. The third-order valence-corrected chi connectivity index (χ3v) is 6.38. The molecule has 0 bridgehead atoms. The normalized spacial score (nSPS) is 15.2. The van der Waals surface area contributed by atoms with Gasteiger partial charge in [0.2, 0.25) is 10.0 Å². The van der Waals surface area contributed by atoms with Crippen LogP contribution in [0.15, 0.2) is 59.5 Å². The minimum absolute atomic E-state index is 0.304. The van der Waals surface area contributed by atoms with Gasteiger partial charge in [-0.1, -0.05) is 41.9 Å². The van der Waals surface area contributed by atoms with E-state index in [1.807, 2.05) is 18.2 Å². The van der Waals surface area contributed by atoms with Gasteiger partial charge in [0.15, 0.2) is 0 Å². The molecular weight excluding hydrogens is 420 g/mol. The molecule has 2 aromatic rings. The number of hydrogen-bond donors (Lipinski definition) is 2. The van der Waals surface area contributed by atoms with Crippen LogP contribution in [0.1, 0.15) is 5.56 Å². The Bertz CT molecular complexity index is 915. The summed E-state index contributed by atoms with van der Waals surface area (Å²) in [6.07, 6.45) is 0. The van der Waals surface area contributed by atoms with Crippen molar-refractivity contribution >= 4 is 33.6 Å². The number of carbonyl (C=O) groups is 2. The van der Waals surface area contributed by atoms with Gasteiger partial charge in [-0.25, -0.2) is 18.0 Å². The molecule has 0 saturated carbocycles. The fourth-order valence-electron chi connectivity index (χ4n) is 2.73. The molecule has 156 valence electrons. The number of nitrogens with zero attached hydrogens (tertiary/aromatic N) is 2. The maximum Gasteiger partial charge on any atom is 0.414 e. The first-order valence-electron chi connectivity index (χ1n) is 8.68. The molecule has 2 aromatic carbocycles. The van der Waals surface area contributed by atoms with Crippen LogP contribution >= 0.6 is 11.6 Å². The van der Waals surface area contributed by atoms with Crippen molar-refractivity contribution in [2.24, 2.45) is 0 Å². The molecule has 1 saturated heterocycles. The molecule has 1 heterocycles. The lowest BCUT2D eigenvalue weighted by Gasteiger charge is -2.34. The summed E-state index contributed by atoms with van der Waals surface area (Å²) < 4.78 is 26.8. The zero-order valence-corrected chi connectivity index (χ0v) is 17.0. The van der Waals surface area contributed by atoms with Crippen LogP contribution in [-0.2, 0) is 26.2 Å². The second-order valence-corrected chi connectivity index (χ2v) is 8.60. The van der Waals surface area contributed by atoms with Gasteiger partial charge >= 0.3 is 11.9 Å². The zero-order chi connectivity index (χ0) is 21.4. The van der Waals surface area contributed by atoms with E-state index in [2.05, 4.69) is 17.0 Å². The topological polar surface area (TPSA) is 115 Å². The van der Waals surface area contributed by atoms with E-state index < -0.39 is 22.0 Å². The van der Waals surface area contributed by atoms with Crippen LogP contribution in [0.4, 0.5) is 0 Å². The summed E-state index contributed by atoms with van der Waals surface area (Å²) in [5, 5.41) is 15.3. The molecule has 0 amide bonds. The van der Waals surface area contributed by atoms with Crippen LogP contribution in [0.3, 0.4) is 0 Å². The molecule has 1 fully saturated rings. The summed E-state index contributed by atoms with van der Waals surface area (Å²) in [6.45, 7) is 3.36. The highest BCUT2D eigenvalue weighted by molar-refractivity contribution is 7.89. The van der Waals surface area contributed by atoms with Crippen molar-refractivity contribution in [2.45, 2.75) is 11.4 Å². The molecule has 0 aliphatic carbocycles. The third kappa shape index (κ3) is 6.82. The van der Waals surface area contributed by atoms with E-state index in [0.717, 1.165) is 19.6 Å². The van der Waals surface area contributed by atoms with E-state index in [9.17, 15) is 8.42 Å². The summed E-state index contributed by atoms with van der Waals surface area (Å²) in [7, 11) is -3.43. The Morgan fingerprint density at radius 1 is 0.862 bits per heavy atom. The largest absolute Gasteiger partial charge is 0.473 e. The Labute approximate surface area is 174 Å². The second kappa shape index (κ2) is 10.4. The SMILES string of the molecule is O=C(O)C(=O)O.O=S(=O)(c1ccc(Cl)cc1)N1CCN(Cc2ccccc2)CC1. The van der Waals surface area contributed by atoms with E-state index in [1.54, 1.807) is 28.6 Å². The lowest BCUT2D eigenvalue weighted by molar-refractivity contribution is -0.159. The quantitative estimate of drug-likeness (QED) is 0.698. The summed E-state index contributed by atoms with van der Waals surface area (Å²) in [5.41, 5.74) is 1.25. The van der Waals surface area contributed by atoms with Crippen LogP contribution in [-0.4, -0.2) is 66.0 Å². The summed E-state index contributed by atoms with van der Waals surface area (Å²) in [6, 6.07) is 16.6. The van der Waals surface area contributed by atoms with Crippen LogP contribution in [0.25, 0.3) is 0 Å². The lowest BCUT2D eigenvalue weighted by atomic mass is 10.2. The van der Waals surface area contributed by atoms with Gasteiger partial charge in [0.05, 0.1) is 4.90 Å². The van der Waals surface area contributed by atoms with Crippen molar-refractivity contribution in [1.82, 2.24) is 9.21 Å². The predicted octanol–water partition coefficient (Wildman–Crippen LogP) is 2.00. The number of carboxylic acid groups (broad SMARTS) is 2. The molecule has 1 aliphatic heterocycles. The maximum atomic E-state index is 12.6.